The average Bonchev–Trinajstić information content (AvgIpc) is 2.34. The molecule has 0 saturated heterocycles. The summed E-state index contributed by atoms with van der Waals surface area (Å²) in [4.78, 5) is 12.0. The van der Waals surface area contributed by atoms with E-state index in [0.29, 0.717) is 12.5 Å². The van der Waals surface area contributed by atoms with Gasteiger partial charge in [0.15, 0.2) is 0 Å². The molecule has 18 heavy (non-hydrogen) atoms. The molecule has 100 valence electrons. The lowest BCUT2D eigenvalue weighted by Crippen LogP contribution is -2.39. The second-order valence-corrected chi connectivity index (χ2v) is 5.17. The van der Waals surface area contributed by atoms with Gasteiger partial charge in [-0.05, 0) is 35.3 Å². The Labute approximate surface area is 113 Å². The topological polar surface area (TPSA) is 55.1 Å². The zero-order chi connectivity index (χ0) is 13.9. The van der Waals surface area contributed by atoms with Crippen LogP contribution in [0.5, 0.6) is 0 Å². The molecule has 0 aliphatic carbocycles. The number of rotatable bonds is 4. The minimum atomic E-state index is -0.820. The molecule has 1 aromatic carbocycles. The molecule has 0 aliphatic heterocycles. The lowest BCUT2D eigenvalue weighted by Gasteiger charge is -2.25. The molecule has 0 saturated carbocycles. The van der Waals surface area contributed by atoms with Crippen molar-refractivity contribution >= 4 is 27.5 Å². The largest absolute Gasteiger partial charge is 0.329 e. The van der Waals surface area contributed by atoms with Gasteiger partial charge in [0.2, 0.25) is 5.91 Å². The van der Waals surface area contributed by atoms with Crippen LogP contribution in [0.3, 0.4) is 0 Å². The molecule has 1 atom stereocenters. The van der Waals surface area contributed by atoms with E-state index in [2.05, 4.69) is 21.2 Å². The lowest BCUT2D eigenvalue weighted by molar-refractivity contribution is -0.124. The summed E-state index contributed by atoms with van der Waals surface area (Å²) in [6.07, 6.45) is 0.527. The molecule has 0 bridgehead atoms. The van der Waals surface area contributed by atoms with Crippen LogP contribution in [0, 0.1) is 17.0 Å². The number of hydrogen-bond acceptors (Lipinski definition) is 2. The van der Waals surface area contributed by atoms with Crippen molar-refractivity contribution in [3.8, 4) is 0 Å². The van der Waals surface area contributed by atoms with Gasteiger partial charge in [0.05, 0.1) is 15.6 Å². The molecule has 1 unspecified atom stereocenters. The van der Waals surface area contributed by atoms with Gasteiger partial charge in [-0.2, -0.15) is 0 Å². The quantitative estimate of drug-likeness (QED) is 0.838. The van der Waals surface area contributed by atoms with Crippen molar-refractivity contribution in [1.29, 1.82) is 0 Å². The zero-order valence-electron chi connectivity index (χ0n) is 10.2. The molecule has 6 heteroatoms. The summed E-state index contributed by atoms with van der Waals surface area (Å²) >= 11 is 2.94. The molecule has 0 aromatic heterocycles. The van der Waals surface area contributed by atoms with Gasteiger partial charge in [0, 0.05) is 12.6 Å². The second-order valence-electron chi connectivity index (χ2n) is 4.32. The average molecular weight is 321 g/mol. The Morgan fingerprint density at radius 3 is 2.56 bits per heavy atom. The maximum absolute atomic E-state index is 13.5. The summed E-state index contributed by atoms with van der Waals surface area (Å²) in [5.74, 6) is -1.92. The molecule has 0 radical (unpaired) electrons. The number of nitrogens with one attached hydrogen (secondary N) is 1. The van der Waals surface area contributed by atoms with Gasteiger partial charge in [0.1, 0.15) is 11.6 Å². The first kappa shape index (κ1) is 15.0. The SMILES string of the molecule is CCC(C)(CN)C(=O)Nc1cc(Br)c(F)cc1F. The first-order valence-corrected chi connectivity index (χ1v) is 6.29. The minimum Gasteiger partial charge on any atom is -0.329 e. The number of carbonyl (C=O) groups excluding carboxylic acids is 1. The van der Waals surface area contributed by atoms with E-state index in [1.54, 1.807) is 6.92 Å². The van der Waals surface area contributed by atoms with Gasteiger partial charge < -0.3 is 11.1 Å². The fourth-order valence-electron chi connectivity index (χ4n) is 1.29. The van der Waals surface area contributed by atoms with E-state index in [9.17, 15) is 13.6 Å². The summed E-state index contributed by atoms with van der Waals surface area (Å²) in [6.45, 7) is 3.67. The van der Waals surface area contributed by atoms with Crippen LogP contribution in [0.2, 0.25) is 0 Å². The molecule has 1 rings (SSSR count). The van der Waals surface area contributed by atoms with Crippen molar-refractivity contribution < 1.29 is 13.6 Å². The fourth-order valence-corrected chi connectivity index (χ4v) is 1.63. The van der Waals surface area contributed by atoms with Gasteiger partial charge in [-0.25, -0.2) is 8.78 Å². The fraction of sp³-hybridized carbons (Fsp3) is 0.417. The number of halogens is 3. The third kappa shape index (κ3) is 3.05. The van der Waals surface area contributed by atoms with Crippen molar-refractivity contribution in [2.45, 2.75) is 20.3 Å². The minimum absolute atomic E-state index is 0.0681. The van der Waals surface area contributed by atoms with Gasteiger partial charge in [-0.15, -0.1) is 0 Å². The Bertz CT molecular complexity index is 462. The lowest BCUT2D eigenvalue weighted by atomic mass is 9.86. The number of hydrogen-bond donors (Lipinski definition) is 2. The smallest absolute Gasteiger partial charge is 0.231 e. The zero-order valence-corrected chi connectivity index (χ0v) is 11.8. The van der Waals surface area contributed by atoms with Crippen molar-refractivity contribution in [3.05, 3.63) is 28.2 Å². The highest BCUT2D eigenvalue weighted by Crippen LogP contribution is 2.26. The normalized spacial score (nSPS) is 14.1. The highest BCUT2D eigenvalue weighted by molar-refractivity contribution is 9.10. The first-order chi connectivity index (χ1) is 8.34. The predicted octanol–water partition coefficient (Wildman–Crippen LogP) is 3.04. The van der Waals surface area contributed by atoms with Crippen molar-refractivity contribution in [2.75, 3.05) is 11.9 Å². The van der Waals surface area contributed by atoms with E-state index in [1.807, 2.05) is 6.92 Å². The Morgan fingerprint density at radius 2 is 2.06 bits per heavy atom. The van der Waals surface area contributed by atoms with Gasteiger partial charge in [-0.1, -0.05) is 6.92 Å². The maximum Gasteiger partial charge on any atom is 0.231 e. The Hall–Kier alpha value is -1.01. The molecule has 3 nitrogen and oxygen atoms in total. The second kappa shape index (κ2) is 5.75. The third-order valence-corrected chi connectivity index (χ3v) is 3.64. The van der Waals surface area contributed by atoms with Crippen LogP contribution in [0.1, 0.15) is 20.3 Å². The van der Waals surface area contributed by atoms with E-state index >= 15 is 0 Å². The molecule has 0 spiro atoms. The van der Waals surface area contributed by atoms with Gasteiger partial charge in [0.25, 0.3) is 0 Å². The van der Waals surface area contributed by atoms with E-state index in [0.717, 1.165) is 0 Å². The van der Waals surface area contributed by atoms with Crippen LogP contribution in [0.4, 0.5) is 14.5 Å². The van der Waals surface area contributed by atoms with Crippen LogP contribution in [-0.2, 0) is 4.79 Å². The number of benzene rings is 1. The third-order valence-electron chi connectivity index (χ3n) is 3.04. The first-order valence-electron chi connectivity index (χ1n) is 5.50. The highest BCUT2D eigenvalue weighted by Gasteiger charge is 2.30. The Kier molecular flexibility index (Phi) is 4.81. The molecule has 0 aliphatic rings. The Morgan fingerprint density at radius 1 is 1.44 bits per heavy atom. The maximum atomic E-state index is 13.5. The molecule has 0 fully saturated rings. The number of nitrogens with two attached hydrogens (primary N) is 1. The molecule has 1 amide bonds. The van der Waals surface area contributed by atoms with E-state index < -0.39 is 17.0 Å². The monoisotopic (exact) mass is 320 g/mol. The van der Waals surface area contributed by atoms with E-state index in [4.69, 9.17) is 5.73 Å². The van der Waals surface area contributed by atoms with Crippen molar-refractivity contribution in [3.63, 3.8) is 0 Å². The van der Waals surface area contributed by atoms with E-state index in [1.165, 1.54) is 6.07 Å². The number of anilines is 1. The van der Waals surface area contributed by atoms with Crippen LogP contribution >= 0.6 is 15.9 Å². The summed E-state index contributed by atoms with van der Waals surface area (Å²) in [5.41, 5.74) is 4.70. The molecular weight excluding hydrogens is 306 g/mol. The van der Waals surface area contributed by atoms with Crippen molar-refractivity contribution in [2.24, 2.45) is 11.1 Å². The number of carbonyl (C=O) groups is 1. The van der Waals surface area contributed by atoms with Crippen LogP contribution < -0.4 is 11.1 Å². The summed E-state index contributed by atoms with van der Waals surface area (Å²) in [6, 6.07) is 1.90. The predicted molar refractivity (Wildman–Crippen MR) is 70.1 cm³/mol. The molecule has 3 N–H and O–H groups in total. The summed E-state index contributed by atoms with van der Waals surface area (Å²) in [5, 5.41) is 2.43. The van der Waals surface area contributed by atoms with Crippen molar-refractivity contribution in [1.82, 2.24) is 0 Å². The molecule has 1 aromatic rings. The highest BCUT2D eigenvalue weighted by atomic mass is 79.9. The Balaban J connectivity index is 2.98. The van der Waals surface area contributed by atoms with E-state index in [-0.39, 0.29) is 22.6 Å². The number of amides is 1. The summed E-state index contributed by atoms with van der Waals surface area (Å²) in [7, 11) is 0. The molecule has 0 heterocycles. The van der Waals surface area contributed by atoms with Crippen LogP contribution in [0.15, 0.2) is 16.6 Å². The van der Waals surface area contributed by atoms with Gasteiger partial charge >= 0.3 is 0 Å². The van der Waals surface area contributed by atoms with Crippen LogP contribution in [-0.4, -0.2) is 12.5 Å². The van der Waals surface area contributed by atoms with Gasteiger partial charge in [-0.3, -0.25) is 4.79 Å². The molecular formula is C12H15BrF2N2O. The standard InChI is InChI=1S/C12H15BrF2N2O/c1-3-12(2,6-16)11(18)17-10-4-7(13)8(14)5-9(10)15/h4-5H,3,6,16H2,1-2H3,(H,17,18). The van der Waals surface area contributed by atoms with Crippen LogP contribution in [0.25, 0.3) is 0 Å². The summed E-state index contributed by atoms with van der Waals surface area (Å²) < 4.78 is 26.6.